The molecule has 0 atom stereocenters. The molecule has 2 amide bonds. The maximum Gasteiger partial charge on any atom is 0.312 e. The number of methoxy groups -OCH3 is 1. The van der Waals surface area contributed by atoms with Crippen molar-refractivity contribution in [3.8, 4) is 5.88 Å². The van der Waals surface area contributed by atoms with Gasteiger partial charge in [-0.05, 0) is 19.9 Å². The van der Waals surface area contributed by atoms with Gasteiger partial charge in [-0.25, -0.2) is 14.3 Å². The number of nitrogens with two attached hydrogens (primary N) is 1. The zero-order valence-electron chi connectivity index (χ0n) is 10.5. The topological polar surface area (TPSA) is 94.5 Å². The summed E-state index contributed by atoms with van der Waals surface area (Å²) in [5.41, 5.74) is 8.27. The Balaban J connectivity index is 2.57. The minimum atomic E-state index is -0.597. The largest absolute Gasteiger partial charge is 0.480 e. The molecule has 0 aliphatic carbocycles. The third-order valence-electron chi connectivity index (χ3n) is 2.59. The van der Waals surface area contributed by atoms with Gasteiger partial charge in [-0.15, -0.1) is 5.10 Å². The van der Waals surface area contributed by atoms with Crippen molar-refractivity contribution in [1.82, 2.24) is 19.9 Å². The van der Waals surface area contributed by atoms with Crippen LogP contribution in [0.5, 0.6) is 5.88 Å². The number of urea groups is 1. The van der Waals surface area contributed by atoms with Gasteiger partial charge in [0.1, 0.15) is 0 Å². The average Bonchev–Trinajstić information content (AvgIpc) is 2.64. The lowest BCUT2D eigenvalue weighted by molar-refractivity contribution is 0.248. The van der Waals surface area contributed by atoms with E-state index < -0.39 is 6.03 Å². The van der Waals surface area contributed by atoms with E-state index in [9.17, 15) is 4.79 Å². The summed E-state index contributed by atoms with van der Waals surface area (Å²) in [7, 11) is 1.53. The van der Waals surface area contributed by atoms with E-state index in [1.165, 1.54) is 7.11 Å². The van der Waals surface area contributed by atoms with E-state index in [-0.39, 0.29) is 6.54 Å². The molecule has 0 saturated carbocycles. The first-order valence-corrected chi connectivity index (χ1v) is 5.46. The standard InChI is InChI=1S/C11H15N5O2/c1-6-4-7(2)16-9(14-6)8(5-13-11(12)17)10(15-16)18-3/h4H,5H2,1-3H3,(H3,12,13,17). The molecule has 0 aromatic carbocycles. The molecule has 3 N–H and O–H groups in total. The predicted molar refractivity (Wildman–Crippen MR) is 65.4 cm³/mol. The molecule has 0 bridgehead atoms. The zero-order chi connectivity index (χ0) is 13.3. The molecular formula is C11H15N5O2. The van der Waals surface area contributed by atoms with E-state index in [1.54, 1.807) is 4.52 Å². The zero-order valence-corrected chi connectivity index (χ0v) is 10.5. The first kappa shape index (κ1) is 12.2. The van der Waals surface area contributed by atoms with Gasteiger partial charge in [0.2, 0.25) is 5.88 Å². The highest BCUT2D eigenvalue weighted by Gasteiger charge is 2.16. The van der Waals surface area contributed by atoms with E-state index in [0.717, 1.165) is 11.4 Å². The Morgan fingerprint density at radius 3 is 2.89 bits per heavy atom. The lowest BCUT2D eigenvalue weighted by Crippen LogP contribution is -2.28. The number of nitrogens with one attached hydrogen (secondary N) is 1. The van der Waals surface area contributed by atoms with E-state index in [4.69, 9.17) is 10.5 Å². The third-order valence-corrected chi connectivity index (χ3v) is 2.59. The summed E-state index contributed by atoms with van der Waals surface area (Å²) < 4.78 is 6.88. The second-order valence-corrected chi connectivity index (χ2v) is 3.98. The third kappa shape index (κ3) is 2.06. The summed E-state index contributed by atoms with van der Waals surface area (Å²) in [6.07, 6.45) is 0. The Hall–Kier alpha value is -2.31. The molecule has 7 heteroatoms. The summed E-state index contributed by atoms with van der Waals surface area (Å²) in [6.45, 7) is 4.06. The second kappa shape index (κ2) is 4.52. The molecule has 0 spiro atoms. The minimum Gasteiger partial charge on any atom is -0.480 e. The molecule has 0 saturated heterocycles. The van der Waals surface area contributed by atoms with Gasteiger partial charge in [0.05, 0.1) is 19.2 Å². The van der Waals surface area contributed by atoms with Crippen molar-refractivity contribution in [2.45, 2.75) is 20.4 Å². The highest BCUT2D eigenvalue weighted by atomic mass is 16.5. The summed E-state index contributed by atoms with van der Waals surface area (Å²) in [5.74, 6) is 0.435. The normalized spacial score (nSPS) is 10.6. The number of hydrogen-bond acceptors (Lipinski definition) is 4. The van der Waals surface area contributed by atoms with E-state index in [1.807, 2.05) is 19.9 Å². The number of aromatic nitrogens is 3. The van der Waals surface area contributed by atoms with Crippen LogP contribution in [0.3, 0.4) is 0 Å². The molecule has 2 aromatic rings. The Morgan fingerprint density at radius 2 is 2.28 bits per heavy atom. The fraction of sp³-hybridized carbons (Fsp3) is 0.364. The number of fused-ring (bicyclic) bond motifs is 1. The van der Waals surface area contributed by atoms with Gasteiger partial charge in [0.15, 0.2) is 5.65 Å². The van der Waals surface area contributed by atoms with Crippen LogP contribution in [-0.4, -0.2) is 27.7 Å². The maximum atomic E-state index is 10.8. The van der Waals surface area contributed by atoms with Gasteiger partial charge < -0.3 is 15.8 Å². The lowest BCUT2D eigenvalue weighted by atomic mass is 10.3. The predicted octanol–water partition coefficient (Wildman–Crippen LogP) is 0.523. The van der Waals surface area contributed by atoms with Gasteiger partial charge in [0, 0.05) is 11.4 Å². The van der Waals surface area contributed by atoms with Gasteiger partial charge in [-0.2, -0.15) is 0 Å². The summed E-state index contributed by atoms with van der Waals surface area (Å²) in [4.78, 5) is 15.2. The second-order valence-electron chi connectivity index (χ2n) is 3.98. The number of amides is 2. The smallest absolute Gasteiger partial charge is 0.312 e. The summed E-state index contributed by atoms with van der Waals surface area (Å²) in [5, 5.41) is 6.81. The van der Waals surface area contributed by atoms with Crippen LogP contribution in [-0.2, 0) is 6.54 Å². The van der Waals surface area contributed by atoms with Crippen molar-refractivity contribution in [1.29, 1.82) is 0 Å². The van der Waals surface area contributed by atoms with Gasteiger partial charge in [0.25, 0.3) is 0 Å². The van der Waals surface area contributed by atoms with Crippen LogP contribution >= 0.6 is 0 Å². The number of ether oxygens (including phenoxy) is 1. The number of aryl methyl sites for hydroxylation is 2. The lowest BCUT2D eigenvalue weighted by Gasteiger charge is -2.03. The number of carbonyl (C=O) groups excluding carboxylic acids is 1. The molecule has 0 unspecified atom stereocenters. The van der Waals surface area contributed by atoms with E-state index in [2.05, 4.69) is 15.4 Å². The molecular weight excluding hydrogens is 234 g/mol. The Bertz CT molecular complexity index is 605. The van der Waals surface area contributed by atoms with Crippen LogP contribution in [0.1, 0.15) is 17.0 Å². The van der Waals surface area contributed by atoms with Crippen LogP contribution in [0.2, 0.25) is 0 Å². The molecule has 7 nitrogen and oxygen atoms in total. The quantitative estimate of drug-likeness (QED) is 0.829. The average molecular weight is 249 g/mol. The first-order chi connectivity index (χ1) is 8.52. The summed E-state index contributed by atoms with van der Waals surface area (Å²) in [6, 6.07) is 1.32. The van der Waals surface area contributed by atoms with Crippen LogP contribution in [0.4, 0.5) is 4.79 Å². The number of primary amides is 1. The fourth-order valence-corrected chi connectivity index (χ4v) is 1.84. The van der Waals surface area contributed by atoms with Crippen molar-refractivity contribution in [2.24, 2.45) is 5.73 Å². The Labute approximate surface area is 104 Å². The van der Waals surface area contributed by atoms with Crippen LogP contribution in [0.15, 0.2) is 6.07 Å². The number of nitrogens with zero attached hydrogens (tertiary/aromatic N) is 3. The Kier molecular flexibility index (Phi) is 3.05. The molecule has 2 heterocycles. The molecule has 0 fully saturated rings. The van der Waals surface area contributed by atoms with Crippen LogP contribution in [0, 0.1) is 13.8 Å². The number of hydrogen-bond donors (Lipinski definition) is 2. The van der Waals surface area contributed by atoms with Crippen molar-refractivity contribution >= 4 is 11.7 Å². The molecule has 0 aliphatic rings. The van der Waals surface area contributed by atoms with Gasteiger partial charge >= 0.3 is 6.03 Å². The highest BCUT2D eigenvalue weighted by Crippen LogP contribution is 2.22. The van der Waals surface area contributed by atoms with E-state index >= 15 is 0 Å². The molecule has 0 aliphatic heterocycles. The summed E-state index contributed by atoms with van der Waals surface area (Å²) >= 11 is 0. The Morgan fingerprint density at radius 1 is 1.56 bits per heavy atom. The monoisotopic (exact) mass is 249 g/mol. The van der Waals surface area contributed by atoms with Crippen molar-refractivity contribution < 1.29 is 9.53 Å². The first-order valence-electron chi connectivity index (χ1n) is 5.46. The van der Waals surface area contributed by atoms with Crippen LogP contribution in [0.25, 0.3) is 5.65 Å². The molecule has 2 rings (SSSR count). The molecule has 18 heavy (non-hydrogen) atoms. The van der Waals surface area contributed by atoms with Crippen molar-refractivity contribution in [3.05, 3.63) is 23.0 Å². The minimum absolute atomic E-state index is 0.234. The maximum absolute atomic E-state index is 10.8. The SMILES string of the molecule is COc1nn2c(C)cc(C)nc2c1CNC(N)=O. The van der Waals surface area contributed by atoms with Crippen LogP contribution < -0.4 is 15.8 Å². The van der Waals surface area contributed by atoms with Gasteiger partial charge in [-0.1, -0.05) is 0 Å². The number of carbonyl (C=O) groups is 1. The van der Waals surface area contributed by atoms with Crippen molar-refractivity contribution in [2.75, 3.05) is 7.11 Å². The van der Waals surface area contributed by atoms with Gasteiger partial charge in [-0.3, -0.25) is 0 Å². The number of rotatable bonds is 3. The fourth-order valence-electron chi connectivity index (χ4n) is 1.84. The molecule has 0 radical (unpaired) electrons. The highest BCUT2D eigenvalue weighted by molar-refractivity contribution is 5.72. The molecule has 96 valence electrons. The molecule has 2 aromatic heterocycles. The van der Waals surface area contributed by atoms with E-state index in [0.29, 0.717) is 17.1 Å². The van der Waals surface area contributed by atoms with Crippen molar-refractivity contribution in [3.63, 3.8) is 0 Å².